The fourth-order valence-electron chi connectivity index (χ4n) is 3.17. The SMILES string of the molecule is CCCCCCCCCC[C@@H]1O[C@@]1(COS(C)(=O)=O)[Si](C)(C)C. The molecule has 0 amide bonds. The van der Waals surface area contributed by atoms with Crippen LogP contribution in [0.3, 0.4) is 0 Å². The first-order chi connectivity index (χ1) is 10.6. The van der Waals surface area contributed by atoms with Gasteiger partial charge in [0.05, 0.1) is 27.0 Å². The van der Waals surface area contributed by atoms with Crippen LogP contribution in [0.1, 0.15) is 64.7 Å². The van der Waals surface area contributed by atoms with Crippen LogP contribution in [0.5, 0.6) is 0 Å². The zero-order chi connectivity index (χ0) is 17.6. The Hall–Kier alpha value is 0.0869. The first-order valence-corrected chi connectivity index (χ1v) is 14.5. The van der Waals surface area contributed by atoms with Gasteiger partial charge >= 0.3 is 0 Å². The summed E-state index contributed by atoms with van der Waals surface area (Å²) in [4.78, 5) is 0. The zero-order valence-corrected chi connectivity index (χ0v) is 17.5. The van der Waals surface area contributed by atoms with Crippen LogP contribution in [0.25, 0.3) is 0 Å². The maximum Gasteiger partial charge on any atom is 0.264 e. The number of hydrogen-bond donors (Lipinski definition) is 0. The number of ether oxygens (including phenoxy) is 1. The van der Waals surface area contributed by atoms with Crippen molar-refractivity contribution in [1.29, 1.82) is 0 Å². The van der Waals surface area contributed by atoms with E-state index >= 15 is 0 Å². The lowest BCUT2D eigenvalue weighted by molar-refractivity contribution is 0.237. The minimum absolute atomic E-state index is 0.191. The molecule has 1 rings (SSSR count). The molecule has 1 aliphatic rings. The van der Waals surface area contributed by atoms with Gasteiger partial charge in [0, 0.05) is 0 Å². The molecule has 4 nitrogen and oxygen atoms in total. The molecule has 1 heterocycles. The fourth-order valence-corrected chi connectivity index (χ4v) is 5.78. The van der Waals surface area contributed by atoms with Crippen molar-refractivity contribution in [1.82, 2.24) is 0 Å². The molecule has 0 unspecified atom stereocenters. The molecule has 0 aromatic carbocycles. The highest BCUT2D eigenvalue weighted by Crippen LogP contribution is 2.47. The summed E-state index contributed by atoms with van der Waals surface area (Å²) >= 11 is 0. The summed E-state index contributed by atoms with van der Waals surface area (Å²) in [5.41, 5.74) is 0. The molecule has 1 saturated heterocycles. The maximum absolute atomic E-state index is 11.3. The lowest BCUT2D eigenvalue weighted by Gasteiger charge is -2.25. The molecule has 1 aliphatic heterocycles. The second-order valence-corrected chi connectivity index (χ2v) is 15.0. The summed E-state index contributed by atoms with van der Waals surface area (Å²) in [5.74, 6) is 0. The van der Waals surface area contributed by atoms with Crippen LogP contribution in [0.2, 0.25) is 19.6 Å². The van der Waals surface area contributed by atoms with Gasteiger partial charge in [0.1, 0.15) is 5.22 Å². The predicted molar refractivity (Wildman–Crippen MR) is 99.0 cm³/mol. The number of hydrogen-bond acceptors (Lipinski definition) is 4. The maximum atomic E-state index is 11.3. The minimum atomic E-state index is -3.40. The van der Waals surface area contributed by atoms with Crippen molar-refractivity contribution in [2.24, 2.45) is 0 Å². The first kappa shape index (κ1) is 21.1. The van der Waals surface area contributed by atoms with E-state index in [-0.39, 0.29) is 17.9 Å². The Morgan fingerprint density at radius 1 is 1.00 bits per heavy atom. The van der Waals surface area contributed by atoms with Crippen LogP contribution in [0.4, 0.5) is 0 Å². The Labute approximate surface area is 144 Å². The standard InChI is InChI=1S/C17H36O4SSi/c1-6-7-8-9-10-11-12-13-14-16-17(21-16,23(3,4)5)15-20-22(2,18)19/h16H,6-15H2,1-5H3/t16-,17-/m0/s1. The van der Waals surface area contributed by atoms with Crippen LogP contribution in [0, 0.1) is 0 Å². The second-order valence-electron chi connectivity index (χ2n) is 7.98. The molecule has 1 fully saturated rings. The summed E-state index contributed by atoms with van der Waals surface area (Å²) in [6.07, 6.45) is 12.8. The van der Waals surface area contributed by atoms with E-state index in [4.69, 9.17) is 8.92 Å². The summed E-state index contributed by atoms with van der Waals surface area (Å²) in [6, 6.07) is 0. The summed E-state index contributed by atoms with van der Waals surface area (Å²) in [5, 5.41) is -0.308. The van der Waals surface area contributed by atoms with Gasteiger partial charge in [-0.3, -0.25) is 4.18 Å². The highest BCUT2D eigenvalue weighted by Gasteiger charge is 2.64. The second kappa shape index (κ2) is 8.97. The van der Waals surface area contributed by atoms with Crippen molar-refractivity contribution in [3.8, 4) is 0 Å². The molecule has 0 saturated carbocycles. The molecule has 0 N–H and O–H groups in total. The van der Waals surface area contributed by atoms with Gasteiger partial charge in [-0.1, -0.05) is 77.9 Å². The van der Waals surface area contributed by atoms with Crippen molar-refractivity contribution in [3.05, 3.63) is 0 Å². The van der Waals surface area contributed by atoms with Crippen LogP contribution < -0.4 is 0 Å². The average Bonchev–Trinajstić information content (AvgIpc) is 3.13. The molecule has 0 spiro atoms. The Kier molecular flexibility index (Phi) is 8.24. The molecule has 6 heteroatoms. The van der Waals surface area contributed by atoms with Gasteiger partial charge in [-0.05, 0) is 6.42 Å². The molecule has 0 bridgehead atoms. The summed E-state index contributed by atoms with van der Waals surface area (Å²) in [7, 11) is -5.04. The van der Waals surface area contributed by atoms with E-state index in [1.807, 2.05) is 0 Å². The van der Waals surface area contributed by atoms with E-state index in [1.54, 1.807) is 0 Å². The Bertz CT molecular complexity index is 444. The van der Waals surface area contributed by atoms with Gasteiger partial charge in [0.15, 0.2) is 0 Å². The molecule has 0 aliphatic carbocycles. The predicted octanol–water partition coefficient (Wildman–Crippen LogP) is 4.51. The van der Waals surface area contributed by atoms with Gasteiger partial charge in [-0.25, -0.2) is 0 Å². The van der Waals surface area contributed by atoms with Crippen molar-refractivity contribution in [2.45, 2.75) is 95.7 Å². The first-order valence-electron chi connectivity index (χ1n) is 9.14. The topological polar surface area (TPSA) is 55.9 Å². The monoisotopic (exact) mass is 364 g/mol. The van der Waals surface area contributed by atoms with Crippen molar-refractivity contribution in [3.63, 3.8) is 0 Å². The number of epoxide rings is 1. The summed E-state index contributed by atoms with van der Waals surface area (Å²) < 4.78 is 33.6. The highest BCUT2D eigenvalue weighted by atomic mass is 32.2. The average molecular weight is 365 g/mol. The Morgan fingerprint density at radius 3 is 2.00 bits per heavy atom. The molecular formula is C17H36O4SSi. The molecule has 23 heavy (non-hydrogen) atoms. The van der Waals surface area contributed by atoms with Gasteiger partial charge in [0.25, 0.3) is 10.1 Å². The molecule has 0 aromatic heterocycles. The van der Waals surface area contributed by atoms with E-state index in [0.29, 0.717) is 0 Å². The molecule has 138 valence electrons. The van der Waals surface area contributed by atoms with Gasteiger partial charge in [-0.15, -0.1) is 0 Å². The molecular weight excluding hydrogens is 328 g/mol. The molecule has 0 radical (unpaired) electrons. The smallest absolute Gasteiger partial charge is 0.264 e. The summed E-state index contributed by atoms with van der Waals surface area (Å²) in [6.45, 7) is 9.13. The van der Waals surface area contributed by atoms with Crippen molar-refractivity contribution < 1.29 is 17.3 Å². The highest BCUT2D eigenvalue weighted by molar-refractivity contribution is 7.86. The lowest BCUT2D eigenvalue weighted by atomic mass is 10.1. The third kappa shape index (κ3) is 7.24. The minimum Gasteiger partial charge on any atom is -0.367 e. The van der Waals surface area contributed by atoms with E-state index in [2.05, 4.69) is 26.6 Å². The van der Waals surface area contributed by atoms with Gasteiger partial charge in [-0.2, -0.15) is 8.42 Å². The van der Waals surface area contributed by atoms with Crippen LogP contribution in [0.15, 0.2) is 0 Å². The van der Waals surface area contributed by atoms with E-state index in [9.17, 15) is 8.42 Å². The normalized spacial score (nSPS) is 24.8. The van der Waals surface area contributed by atoms with E-state index in [1.165, 1.54) is 51.4 Å². The van der Waals surface area contributed by atoms with Gasteiger partial charge < -0.3 is 4.74 Å². The Balaban J connectivity index is 2.27. The number of unbranched alkanes of at least 4 members (excludes halogenated alkanes) is 7. The van der Waals surface area contributed by atoms with E-state index in [0.717, 1.165) is 12.7 Å². The number of rotatable bonds is 13. The fraction of sp³-hybridized carbons (Fsp3) is 1.00. The third-order valence-corrected chi connectivity index (χ3v) is 8.56. The lowest BCUT2D eigenvalue weighted by Crippen LogP contribution is -2.47. The van der Waals surface area contributed by atoms with Crippen LogP contribution in [-0.2, 0) is 19.0 Å². The van der Waals surface area contributed by atoms with Gasteiger partial charge in [0.2, 0.25) is 0 Å². The Morgan fingerprint density at radius 2 is 1.52 bits per heavy atom. The van der Waals surface area contributed by atoms with Crippen LogP contribution in [-0.4, -0.2) is 40.7 Å². The van der Waals surface area contributed by atoms with Crippen LogP contribution >= 0.6 is 0 Å². The molecule has 2 atom stereocenters. The third-order valence-electron chi connectivity index (χ3n) is 4.89. The zero-order valence-electron chi connectivity index (χ0n) is 15.7. The molecule has 0 aromatic rings. The van der Waals surface area contributed by atoms with E-state index < -0.39 is 18.2 Å². The van der Waals surface area contributed by atoms with Crippen molar-refractivity contribution in [2.75, 3.05) is 12.9 Å². The quantitative estimate of drug-likeness (QED) is 0.209. The van der Waals surface area contributed by atoms with Crippen molar-refractivity contribution >= 4 is 18.2 Å². The largest absolute Gasteiger partial charge is 0.367 e.